The Morgan fingerprint density at radius 2 is 1.86 bits per heavy atom. The van der Waals surface area contributed by atoms with Crippen molar-refractivity contribution < 1.29 is 9.59 Å². The van der Waals surface area contributed by atoms with Gasteiger partial charge in [0.25, 0.3) is 5.91 Å². The van der Waals surface area contributed by atoms with Crippen molar-refractivity contribution in [3.8, 4) is 0 Å². The molecule has 0 radical (unpaired) electrons. The van der Waals surface area contributed by atoms with Gasteiger partial charge in [0.15, 0.2) is 0 Å². The van der Waals surface area contributed by atoms with Crippen molar-refractivity contribution in [1.29, 1.82) is 0 Å². The van der Waals surface area contributed by atoms with Gasteiger partial charge in [-0.2, -0.15) is 0 Å². The van der Waals surface area contributed by atoms with E-state index >= 15 is 0 Å². The van der Waals surface area contributed by atoms with Crippen LogP contribution in [0.15, 0.2) is 60.1 Å². The first-order valence-electron chi connectivity index (χ1n) is 9.22. The third-order valence-corrected chi connectivity index (χ3v) is 5.93. The minimum absolute atomic E-state index is 0.0126. The first-order chi connectivity index (χ1) is 13.6. The van der Waals surface area contributed by atoms with Gasteiger partial charge in [0, 0.05) is 17.0 Å². The Morgan fingerprint density at radius 3 is 2.61 bits per heavy atom. The van der Waals surface area contributed by atoms with Gasteiger partial charge in [0.05, 0.1) is 30.2 Å². The van der Waals surface area contributed by atoms with Crippen LogP contribution < -0.4 is 5.32 Å². The number of fused-ring (bicyclic) bond motifs is 1. The highest BCUT2D eigenvalue weighted by molar-refractivity contribution is 7.09. The van der Waals surface area contributed by atoms with Crippen molar-refractivity contribution in [3.05, 3.63) is 87.4 Å². The third-order valence-electron chi connectivity index (χ3n) is 5.01. The molecule has 5 nitrogen and oxygen atoms in total. The fourth-order valence-corrected chi connectivity index (χ4v) is 4.27. The van der Waals surface area contributed by atoms with Crippen molar-refractivity contribution in [2.45, 2.75) is 32.5 Å². The second-order valence-corrected chi connectivity index (χ2v) is 7.85. The number of thiazole rings is 1. The van der Waals surface area contributed by atoms with Gasteiger partial charge in [0.2, 0.25) is 5.91 Å². The van der Waals surface area contributed by atoms with E-state index in [0.29, 0.717) is 18.7 Å². The highest BCUT2D eigenvalue weighted by Gasteiger charge is 2.31. The summed E-state index contributed by atoms with van der Waals surface area (Å²) < 4.78 is 0. The third kappa shape index (κ3) is 3.82. The molecule has 0 bridgehead atoms. The van der Waals surface area contributed by atoms with Gasteiger partial charge in [-0.3, -0.25) is 9.59 Å². The number of nitrogens with zero attached hydrogens (tertiary/aromatic N) is 2. The summed E-state index contributed by atoms with van der Waals surface area (Å²) in [5.41, 5.74) is 5.40. The molecule has 1 aliphatic rings. The lowest BCUT2D eigenvalue weighted by Gasteiger charge is -2.24. The quantitative estimate of drug-likeness (QED) is 0.694. The van der Waals surface area contributed by atoms with E-state index in [4.69, 9.17) is 0 Å². The first kappa shape index (κ1) is 18.4. The van der Waals surface area contributed by atoms with Gasteiger partial charge in [-0.25, -0.2) is 4.98 Å². The Bertz CT molecular complexity index is 1000. The molecule has 1 aromatic heterocycles. The van der Waals surface area contributed by atoms with Gasteiger partial charge in [-0.1, -0.05) is 48.5 Å². The van der Waals surface area contributed by atoms with E-state index in [1.54, 1.807) is 17.4 Å². The molecule has 0 fully saturated rings. The largest absolute Gasteiger partial charge is 0.345 e. The number of hydrogen-bond acceptors (Lipinski definition) is 4. The number of aromatic nitrogens is 1. The molecule has 3 aromatic rings. The minimum Gasteiger partial charge on any atom is -0.345 e. The summed E-state index contributed by atoms with van der Waals surface area (Å²) in [5, 5.41) is 2.94. The number of carbonyl (C=O) groups excluding carboxylic acids is 2. The topological polar surface area (TPSA) is 62.3 Å². The summed E-state index contributed by atoms with van der Waals surface area (Å²) in [6.07, 6.45) is 0.243. The molecule has 2 aromatic carbocycles. The smallest absolute Gasteiger partial charge is 0.252 e. The number of rotatable bonds is 6. The van der Waals surface area contributed by atoms with E-state index in [-0.39, 0.29) is 24.3 Å². The highest BCUT2D eigenvalue weighted by atomic mass is 32.1. The van der Waals surface area contributed by atoms with E-state index in [1.165, 1.54) is 0 Å². The molecule has 142 valence electrons. The summed E-state index contributed by atoms with van der Waals surface area (Å²) in [4.78, 5) is 32.6. The maximum absolute atomic E-state index is 13.2. The second-order valence-electron chi connectivity index (χ2n) is 6.91. The number of nitrogens with one attached hydrogen (secondary N) is 1. The summed E-state index contributed by atoms with van der Waals surface area (Å²) in [5.74, 6) is -0.0973. The molecule has 0 saturated carbocycles. The highest BCUT2D eigenvalue weighted by Crippen LogP contribution is 2.29. The zero-order chi connectivity index (χ0) is 19.5. The summed E-state index contributed by atoms with van der Waals surface area (Å²) >= 11 is 1.56. The lowest BCUT2D eigenvalue weighted by atomic mass is 10.0. The summed E-state index contributed by atoms with van der Waals surface area (Å²) in [7, 11) is 0. The van der Waals surface area contributed by atoms with Crippen LogP contribution in [-0.4, -0.2) is 21.7 Å². The minimum atomic E-state index is -0.281. The predicted molar refractivity (Wildman–Crippen MR) is 109 cm³/mol. The Labute approximate surface area is 168 Å². The Hall–Kier alpha value is -2.99. The van der Waals surface area contributed by atoms with E-state index in [9.17, 15) is 9.59 Å². The number of hydrogen-bond donors (Lipinski definition) is 1. The van der Waals surface area contributed by atoms with Crippen molar-refractivity contribution in [2.75, 3.05) is 0 Å². The number of amides is 2. The molecule has 0 spiro atoms. The molecule has 2 heterocycles. The Morgan fingerprint density at radius 1 is 1.11 bits per heavy atom. The molecule has 2 amide bonds. The Balaban J connectivity index is 1.55. The number of aryl methyl sites for hydroxylation is 1. The first-order valence-corrected chi connectivity index (χ1v) is 10.1. The van der Waals surface area contributed by atoms with Gasteiger partial charge >= 0.3 is 0 Å². The van der Waals surface area contributed by atoms with Crippen LogP contribution in [-0.2, 0) is 17.9 Å². The average molecular weight is 391 g/mol. The SMILES string of the molecule is Cc1ncsc1CN(Cc1ccccc1)C(=O)CC1NC(=O)c2ccccc21. The van der Waals surface area contributed by atoms with E-state index in [0.717, 1.165) is 21.7 Å². The Kier molecular flexibility index (Phi) is 5.21. The molecular weight excluding hydrogens is 370 g/mol. The monoisotopic (exact) mass is 391 g/mol. The molecule has 6 heteroatoms. The van der Waals surface area contributed by atoms with Crippen LogP contribution in [0.2, 0.25) is 0 Å². The van der Waals surface area contributed by atoms with Gasteiger partial charge < -0.3 is 10.2 Å². The fourth-order valence-electron chi connectivity index (χ4n) is 3.47. The predicted octanol–water partition coefficient (Wildman–Crippen LogP) is 3.86. The summed E-state index contributed by atoms with van der Waals surface area (Å²) in [6, 6.07) is 17.1. The molecule has 0 aliphatic carbocycles. The zero-order valence-electron chi connectivity index (χ0n) is 15.6. The van der Waals surface area contributed by atoms with Crippen molar-refractivity contribution in [3.63, 3.8) is 0 Å². The van der Waals surface area contributed by atoms with Crippen LogP contribution in [0.25, 0.3) is 0 Å². The molecule has 0 saturated heterocycles. The molecule has 28 heavy (non-hydrogen) atoms. The van der Waals surface area contributed by atoms with Crippen molar-refractivity contribution >= 4 is 23.2 Å². The van der Waals surface area contributed by atoms with E-state index < -0.39 is 0 Å². The van der Waals surface area contributed by atoms with Crippen LogP contribution in [0, 0.1) is 6.92 Å². The molecule has 4 rings (SSSR count). The normalized spacial score (nSPS) is 15.2. The number of carbonyl (C=O) groups is 2. The molecular formula is C22H21N3O2S. The summed E-state index contributed by atoms with van der Waals surface area (Å²) in [6.45, 7) is 3.01. The molecule has 1 unspecified atom stereocenters. The molecule has 1 aliphatic heterocycles. The van der Waals surface area contributed by atoms with Gasteiger partial charge in [-0.15, -0.1) is 11.3 Å². The molecule has 1 N–H and O–H groups in total. The maximum Gasteiger partial charge on any atom is 0.252 e. The van der Waals surface area contributed by atoms with Crippen LogP contribution in [0.4, 0.5) is 0 Å². The number of benzene rings is 2. The van der Waals surface area contributed by atoms with E-state index in [2.05, 4.69) is 10.3 Å². The zero-order valence-corrected chi connectivity index (χ0v) is 16.4. The lowest BCUT2D eigenvalue weighted by molar-refractivity contribution is -0.132. The van der Waals surface area contributed by atoms with Crippen LogP contribution >= 0.6 is 11.3 Å². The standard InChI is InChI=1S/C22H21N3O2S/c1-15-20(28-14-23-15)13-25(12-16-7-3-2-4-8-16)21(26)11-19-17-9-5-6-10-18(17)22(27)24-19/h2-10,14,19H,11-13H2,1H3,(H,24,27). The van der Waals surface area contributed by atoms with Gasteiger partial charge in [0.1, 0.15) is 0 Å². The maximum atomic E-state index is 13.2. The lowest BCUT2D eigenvalue weighted by Crippen LogP contribution is -2.33. The van der Waals surface area contributed by atoms with Gasteiger partial charge in [-0.05, 0) is 24.1 Å². The fraction of sp³-hybridized carbons (Fsp3) is 0.227. The van der Waals surface area contributed by atoms with Crippen LogP contribution in [0.1, 0.15) is 44.5 Å². The van der Waals surface area contributed by atoms with Crippen LogP contribution in [0.3, 0.4) is 0 Å². The van der Waals surface area contributed by atoms with Crippen LogP contribution in [0.5, 0.6) is 0 Å². The van der Waals surface area contributed by atoms with Crippen molar-refractivity contribution in [1.82, 2.24) is 15.2 Å². The van der Waals surface area contributed by atoms with E-state index in [1.807, 2.05) is 65.9 Å². The molecule has 1 atom stereocenters. The average Bonchev–Trinajstić information content (AvgIpc) is 3.25. The van der Waals surface area contributed by atoms with Crippen molar-refractivity contribution in [2.24, 2.45) is 0 Å². The second kappa shape index (κ2) is 7.94.